The number of ether oxygens (including phenoxy) is 2. The molecule has 0 spiro atoms. The number of hydrogen-bond donors (Lipinski definition) is 1. The third-order valence-corrected chi connectivity index (χ3v) is 6.04. The second kappa shape index (κ2) is 10.5. The lowest BCUT2D eigenvalue weighted by Crippen LogP contribution is -2.29. The van der Waals surface area contributed by atoms with Crippen LogP contribution in [0.5, 0.6) is 11.5 Å². The SMILES string of the molecule is OC(c1ccccc1)(c1ccccc1)c1cc2ccc1OCCCCCCCCCO2. The van der Waals surface area contributed by atoms with Crippen LogP contribution in [0.1, 0.15) is 61.6 Å². The molecule has 5 rings (SSSR count). The zero-order valence-electron chi connectivity index (χ0n) is 18.1. The first-order valence-corrected chi connectivity index (χ1v) is 11.5. The van der Waals surface area contributed by atoms with Crippen molar-refractivity contribution in [2.24, 2.45) is 0 Å². The van der Waals surface area contributed by atoms with Crippen LogP contribution in [-0.4, -0.2) is 18.3 Å². The van der Waals surface area contributed by atoms with Crippen LogP contribution in [0.2, 0.25) is 0 Å². The molecule has 0 radical (unpaired) electrons. The van der Waals surface area contributed by atoms with Crippen molar-refractivity contribution in [1.29, 1.82) is 0 Å². The minimum Gasteiger partial charge on any atom is -0.494 e. The highest BCUT2D eigenvalue weighted by atomic mass is 16.5. The van der Waals surface area contributed by atoms with E-state index in [-0.39, 0.29) is 0 Å². The predicted octanol–water partition coefficient (Wildman–Crippen LogP) is 6.47. The Kier molecular flexibility index (Phi) is 7.26. The first kappa shape index (κ1) is 21.5. The van der Waals surface area contributed by atoms with E-state index in [0.29, 0.717) is 19.0 Å². The van der Waals surface area contributed by atoms with Crippen LogP contribution in [-0.2, 0) is 5.60 Å². The first-order valence-electron chi connectivity index (χ1n) is 11.5. The van der Waals surface area contributed by atoms with Crippen molar-refractivity contribution in [2.45, 2.75) is 50.5 Å². The van der Waals surface area contributed by atoms with E-state index in [9.17, 15) is 5.11 Å². The fraction of sp³-hybridized carbons (Fsp3) is 0.357. The van der Waals surface area contributed by atoms with Gasteiger partial charge in [-0.05, 0) is 42.2 Å². The lowest BCUT2D eigenvalue weighted by Gasteiger charge is -2.32. The molecule has 3 aromatic rings. The molecule has 3 nitrogen and oxygen atoms in total. The standard InChI is InChI=1S/C28H32O3/c29-28(23-14-8-6-9-15-23,24-16-10-7-11-17-24)26-22-25-18-19-27(26)31-21-13-5-3-1-2-4-12-20-30-25/h6-11,14-19,22,29H,1-5,12-13,20-21H2. The van der Waals surface area contributed by atoms with Crippen LogP contribution in [0.15, 0.2) is 78.9 Å². The molecule has 0 saturated heterocycles. The smallest absolute Gasteiger partial charge is 0.144 e. The average molecular weight is 417 g/mol. The highest BCUT2D eigenvalue weighted by Gasteiger charge is 2.37. The topological polar surface area (TPSA) is 38.7 Å². The van der Waals surface area contributed by atoms with Crippen LogP contribution in [0.4, 0.5) is 0 Å². The van der Waals surface area contributed by atoms with Crippen molar-refractivity contribution < 1.29 is 14.6 Å². The Morgan fingerprint density at radius 1 is 0.581 bits per heavy atom. The Labute approximate surface area is 185 Å². The van der Waals surface area contributed by atoms with E-state index in [4.69, 9.17) is 9.47 Å². The molecule has 0 saturated carbocycles. The summed E-state index contributed by atoms with van der Waals surface area (Å²) < 4.78 is 12.3. The van der Waals surface area contributed by atoms with Gasteiger partial charge < -0.3 is 14.6 Å². The normalized spacial score (nSPS) is 15.9. The number of hydrogen-bond acceptors (Lipinski definition) is 3. The van der Waals surface area contributed by atoms with Gasteiger partial charge in [-0.2, -0.15) is 0 Å². The van der Waals surface area contributed by atoms with Gasteiger partial charge in [-0.15, -0.1) is 0 Å². The van der Waals surface area contributed by atoms with E-state index in [1.807, 2.05) is 78.9 Å². The van der Waals surface area contributed by atoms with Gasteiger partial charge in [0.2, 0.25) is 0 Å². The predicted molar refractivity (Wildman–Crippen MR) is 125 cm³/mol. The summed E-state index contributed by atoms with van der Waals surface area (Å²) >= 11 is 0. The van der Waals surface area contributed by atoms with Crippen molar-refractivity contribution in [1.82, 2.24) is 0 Å². The van der Waals surface area contributed by atoms with Crippen LogP contribution in [0, 0.1) is 0 Å². The van der Waals surface area contributed by atoms with Gasteiger partial charge in [0.15, 0.2) is 0 Å². The summed E-state index contributed by atoms with van der Waals surface area (Å²) in [7, 11) is 0. The molecule has 31 heavy (non-hydrogen) atoms. The second-order valence-corrected chi connectivity index (χ2v) is 8.27. The van der Waals surface area contributed by atoms with Gasteiger partial charge in [-0.3, -0.25) is 0 Å². The quantitative estimate of drug-likeness (QED) is 0.497. The number of fused-ring (bicyclic) bond motifs is 12. The molecular weight excluding hydrogens is 384 g/mol. The minimum absolute atomic E-state index is 0.646. The molecule has 2 aliphatic heterocycles. The van der Waals surface area contributed by atoms with Crippen LogP contribution < -0.4 is 9.47 Å². The van der Waals surface area contributed by atoms with Crippen LogP contribution >= 0.6 is 0 Å². The van der Waals surface area contributed by atoms with Crippen molar-refractivity contribution in [3.05, 3.63) is 95.6 Å². The molecule has 0 amide bonds. The molecule has 3 aromatic carbocycles. The van der Waals surface area contributed by atoms with Crippen molar-refractivity contribution >= 4 is 0 Å². The molecular formula is C28H32O3. The Bertz CT molecular complexity index is 897. The summed E-state index contributed by atoms with van der Waals surface area (Å²) in [5.74, 6) is 1.47. The zero-order chi connectivity index (χ0) is 21.4. The fourth-order valence-corrected chi connectivity index (χ4v) is 4.30. The van der Waals surface area contributed by atoms with Gasteiger partial charge in [0.1, 0.15) is 17.1 Å². The first-order chi connectivity index (χ1) is 15.3. The van der Waals surface area contributed by atoms with E-state index in [0.717, 1.165) is 35.3 Å². The second-order valence-electron chi connectivity index (χ2n) is 8.27. The van der Waals surface area contributed by atoms with Crippen molar-refractivity contribution in [3.63, 3.8) is 0 Å². The van der Waals surface area contributed by atoms with Crippen LogP contribution in [0.25, 0.3) is 0 Å². The Balaban J connectivity index is 1.80. The number of benzene rings is 3. The summed E-state index contributed by atoms with van der Waals surface area (Å²) in [4.78, 5) is 0. The number of aliphatic hydroxyl groups is 1. The largest absolute Gasteiger partial charge is 0.494 e. The molecule has 0 aromatic heterocycles. The lowest BCUT2D eigenvalue weighted by atomic mass is 9.80. The van der Waals surface area contributed by atoms with Crippen LogP contribution in [0.3, 0.4) is 0 Å². The molecule has 162 valence electrons. The molecule has 3 heteroatoms. The average Bonchev–Trinajstić information content (AvgIpc) is 2.85. The van der Waals surface area contributed by atoms with Gasteiger partial charge in [0.05, 0.1) is 13.2 Å². The number of rotatable bonds is 3. The Morgan fingerprint density at radius 2 is 1.10 bits per heavy atom. The molecule has 0 unspecified atom stereocenters. The summed E-state index contributed by atoms with van der Waals surface area (Å²) in [6.45, 7) is 1.33. The Morgan fingerprint density at radius 3 is 1.68 bits per heavy atom. The van der Waals surface area contributed by atoms with E-state index < -0.39 is 5.60 Å². The highest BCUT2D eigenvalue weighted by molar-refractivity contribution is 5.54. The molecule has 2 bridgehead atoms. The van der Waals surface area contributed by atoms with Gasteiger partial charge in [0.25, 0.3) is 0 Å². The molecule has 2 heterocycles. The molecule has 0 atom stereocenters. The molecule has 0 aliphatic carbocycles. The minimum atomic E-state index is -1.34. The third-order valence-electron chi connectivity index (χ3n) is 6.04. The summed E-state index contributed by atoms with van der Waals surface area (Å²) in [5, 5.41) is 12.3. The summed E-state index contributed by atoms with van der Waals surface area (Å²) in [6.07, 6.45) is 8.21. The van der Waals surface area contributed by atoms with Gasteiger partial charge >= 0.3 is 0 Å². The molecule has 2 aliphatic rings. The highest BCUT2D eigenvalue weighted by Crippen LogP contribution is 2.42. The fourth-order valence-electron chi connectivity index (χ4n) is 4.30. The van der Waals surface area contributed by atoms with E-state index >= 15 is 0 Å². The van der Waals surface area contributed by atoms with Gasteiger partial charge in [0, 0.05) is 5.56 Å². The van der Waals surface area contributed by atoms with Gasteiger partial charge in [-0.25, -0.2) is 0 Å². The molecule has 1 N–H and O–H groups in total. The van der Waals surface area contributed by atoms with Gasteiger partial charge in [-0.1, -0.05) is 92.8 Å². The maximum atomic E-state index is 12.3. The lowest BCUT2D eigenvalue weighted by molar-refractivity contribution is 0.120. The van der Waals surface area contributed by atoms with E-state index in [1.165, 1.54) is 32.1 Å². The van der Waals surface area contributed by atoms with Crippen molar-refractivity contribution in [2.75, 3.05) is 13.2 Å². The van der Waals surface area contributed by atoms with E-state index in [2.05, 4.69) is 0 Å². The Hall–Kier alpha value is -2.78. The summed E-state index contributed by atoms with van der Waals surface area (Å²) in [6, 6.07) is 25.5. The monoisotopic (exact) mass is 416 g/mol. The maximum absolute atomic E-state index is 12.3. The van der Waals surface area contributed by atoms with Crippen molar-refractivity contribution in [3.8, 4) is 11.5 Å². The molecule has 0 fully saturated rings. The van der Waals surface area contributed by atoms with E-state index in [1.54, 1.807) is 0 Å². The zero-order valence-corrected chi connectivity index (χ0v) is 18.1. The summed E-state index contributed by atoms with van der Waals surface area (Å²) in [5.41, 5.74) is 0.991. The maximum Gasteiger partial charge on any atom is 0.144 e. The third kappa shape index (κ3) is 5.11.